The Morgan fingerprint density at radius 3 is 2.35 bits per heavy atom. The molecule has 1 rings (SSSR count). The zero-order valence-corrected chi connectivity index (χ0v) is 12.0. The van der Waals surface area contributed by atoms with E-state index in [0.29, 0.717) is 5.92 Å². The topological polar surface area (TPSA) is 0 Å². The monoisotopic (exact) mass is 230 g/mol. The van der Waals surface area contributed by atoms with Gasteiger partial charge in [-0.3, -0.25) is 0 Å². The van der Waals surface area contributed by atoms with Crippen molar-refractivity contribution in [1.82, 2.24) is 0 Å². The molecular formula is C17H26. The molecule has 1 aromatic carbocycles. The fourth-order valence-electron chi connectivity index (χ4n) is 1.96. The molecule has 0 aromatic heterocycles. The predicted octanol–water partition coefficient (Wildman–Crippen LogP) is 5.23. The third-order valence-corrected chi connectivity index (χ3v) is 3.44. The first-order valence-electron chi connectivity index (χ1n) is 6.63. The number of hydrogen-bond donors (Lipinski definition) is 0. The van der Waals surface area contributed by atoms with Crippen LogP contribution in [0, 0.1) is 0 Å². The molecule has 17 heavy (non-hydrogen) atoms. The number of rotatable bonds is 4. The molecule has 0 aliphatic heterocycles. The van der Waals surface area contributed by atoms with Gasteiger partial charge in [-0.25, -0.2) is 0 Å². The van der Waals surface area contributed by atoms with Crippen LogP contribution < -0.4 is 0 Å². The molecule has 0 heteroatoms. The lowest BCUT2D eigenvalue weighted by atomic mass is 9.82. The van der Waals surface area contributed by atoms with Crippen molar-refractivity contribution in [1.29, 1.82) is 0 Å². The van der Waals surface area contributed by atoms with E-state index < -0.39 is 0 Å². The van der Waals surface area contributed by atoms with Crippen LogP contribution in [0.5, 0.6) is 0 Å². The van der Waals surface area contributed by atoms with Gasteiger partial charge in [0, 0.05) is 0 Å². The van der Waals surface area contributed by atoms with Crippen molar-refractivity contribution < 1.29 is 0 Å². The van der Waals surface area contributed by atoms with Gasteiger partial charge in [-0.05, 0) is 40.9 Å². The lowest BCUT2D eigenvalue weighted by molar-refractivity contribution is 0.586. The highest BCUT2D eigenvalue weighted by Crippen LogP contribution is 2.28. The summed E-state index contributed by atoms with van der Waals surface area (Å²) in [6.07, 6.45) is 4.15. The molecule has 94 valence electrons. The van der Waals surface area contributed by atoms with Gasteiger partial charge in [-0.1, -0.05) is 58.9 Å². The van der Waals surface area contributed by atoms with E-state index in [9.17, 15) is 0 Å². The van der Waals surface area contributed by atoms with Crippen LogP contribution in [0.2, 0.25) is 0 Å². The zero-order chi connectivity index (χ0) is 13.1. The Balaban J connectivity index is 3.23. The average Bonchev–Trinajstić information content (AvgIpc) is 2.27. The van der Waals surface area contributed by atoms with Crippen molar-refractivity contribution in [2.75, 3.05) is 0 Å². The van der Waals surface area contributed by atoms with E-state index in [-0.39, 0.29) is 5.41 Å². The van der Waals surface area contributed by atoms with Gasteiger partial charge in [0.05, 0.1) is 0 Å². The van der Waals surface area contributed by atoms with Gasteiger partial charge in [0.25, 0.3) is 0 Å². The maximum atomic E-state index is 3.84. The summed E-state index contributed by atoms with van der Waals surface area (Å²) in [7, 11) is 0. The lowest BCUT2D eigenvalue weighted by Gasteiger charge is -2.22. The van der Waals surface area contributed by atoms with Crippen LogP contribution in [-0.2, 0) is 11.8 Å². The molecule has 1 atom stereocenters. The first kappa shape index (κ1) is 14.0. The Morgan fingerprint density at radius 2 is 1.88 bits per heavy atom. The van der Waals surface area contributed by atoms with Crippen molar-refractivity contribution in [2.24, 2.45) is 0 Å². The summed E-state index contributed by atoms with van der Waals surface area (Å²) < 4.78 is 0. The van der Waals surface area contributed by atoms with Gasteiger partial charge in [-0.2, -0.15) is 0 Å². The minimum absolute atomic E-state index is 0.222. The molecule has 0 saturated heterocycles. The summed E-state index contributed by atoms with van der Waals surface area (Å²) in [4.78, 5) is 0. The molecule has 1 aromatic rings. The molecule has 0 fully saturated rings. The standard InChI is InChI=1S/C17H26/c1-7-9-14-10-15(13(3)8-2)12-16(11-14)17(4,5)6/h7,10-13H,1,8-9H2,2-6H3. The Kier molecular flexibility index (Phi) is 4.56. The second-order valence-electron chi connectivity index (χ2n) is 6.02. The van der Waals surface area contributed by atoms with Crippen molar-refractivity contribution >= 4 is 0 Å². The minimum atomic E-state index is 0.222. The zero-order valence-electron chi connectivity index (χ0n) is 12.0. The van der Waals surface area contributed by atoms with Crippen molar-refractivity contribution in [2.45, 2.75) is 58.8 Å². The first-order chi connectivity index (χ1) is 7.88. The van der Waals surface area contributed by atoms with E-state index in [1.807, 2.05) is 6.08 Å². The molecule has 0 N–H and O–H groups in total. The van der Waals surface area contributed by atoms with Crippen LogP contribution in [0.4, 0.5) is 0 Å². The Labute approximate surface area is 107 Å². The van der Waals surface area contributed by atoms with Gasteiger partial charge in [0.15, 0.2) is 0 Å². The number of allylic oxidation sites excluding steroid dienone is 1. The van der Waals surface area contributed by atoms with Crippen LogP contribution in [0.1, 0.15) is 63.6 Å². The van der Waals surface area contributed by atoms with E-state index >= 15 is 0 Å². The van der Waals surface area contributed by atoms with E-state index in [4.69, 9.17) is 0 Å². The third kappa shape index (κ3) is 3.73. The van der Waals surface area contributed by atoms with Gasteiger partial charge in [-0.15, -0.1) is 6.58 Å². The van der Waals surface area contributed by atoms with Crippen molar-refractivity contribution in [3.05, 3.63) is 47.5 Å². The first-order valence-corrected chi connectivity index (χ1v) is 6.63. The Morgan fingerprint density at radius 1 is 1.24 bits per heavy atom. The highest BCUT2D eigenvalue weighted by Gasteiger charge is 2.16. The van der Waals surface area contributed by atoms with Gasteiger partial charge in [0.1, 0.15) is 0 Å². The molecule has 0 amide bonds. The highest BCUT2D eigenvalue weighted by molar-refractivity contribution is 5.36. The molecule has 0 nitrogen and oxygen atoms in total. The molecule has 0 bridgehead atoms. The quantitative estimate of drug-likeness (QED) is 0.622. The summed E-state index contributed by atoms with van der Waals surface area (Å²) in [6.45, 7) is 15.2. The molecule has 0 saturated carbocycles. The minimum Gasteiger partial charge on any atom is -0.103 e. The summed E-state index contributed by atoms with van der Waals surface area (Å²) in [5.74, 6) is 0.640. The normalized spacial score (nSPS) is 13.5. The molecule has 1 unspecified atom stereocenters. The summed E-state index contributed by atoms with van der Waals surface area (Å²) in [6, 6.07) is 7.04. The predicted molar refractivity (Wildman–Crippen MR) is 77.7 cm³/mol. The van der Waals surface area contributed by atoms with E-state index in [1.165, 1.54) is 23.1 Å². The highest BCUT2D eigenvalue weighted by atomic mass is 14.2. The third-order valence-electron chi connectivity index (χ3n) is 3.44. The van der Waals surface area contributed by atoms with E-state index in [1.54, 1.807) is 0 Å². The van der Waals surface area contributed by atoms with Gasteiger partial charge >= 0.3 is 0 Å². The molecular weight excluding hydrogens is 204 g/mol. The smallest absolute Gasteiger partial charge is 0.00999 e. The van der Waals surface area contributed by atoms with Gasteiger partial charge < -0.3 is 0 Å². The molecule has 0 aliphatic carbocycles. The fraction of sp³-hybridized carbons (Fsp3) is 0.529. The van der Waals surface area contributed by atoms with Crippen LogP contribution >= 0.6 is 0 Å². The van der Waals surface area contributed by atoms with Crippen molar-refractivity contribution in [3.63, 3.8) is 0 Å². The van der Waals surface area contributed by atoms with Crippen LogP contribution in [0.25, 0.3) is 0 Å². The average molecular weight is 230 g/mol. The maximum absolute atomic E-state index is 3.84. The van der Waals surface area contributed by atoms with Crippen molar-refractivity contribution in [3.8, 4) is 0 Å². The fourth-order valence-corrected chi connectivity index (χ4v) is 1.96. The maximum Gasteiger partial charge on any atom is -0.00999 e. The molecule has 0 spiro atoms. The second-order valence-corrected chi connectivity index (χ2v) is 6.02. The number of benzene rings is 1. The summed E-state index contributed by atoms with van der Waals surface area (Å²) >= 11 is 0. The Bertz CT molecular complexity index is 380. The van der Waals surface area contributed by atoms with E-state index in [2.05, 4.69) is 59.4 Å². The largest absolute Gasteiger partial charge is 0.103 e. The summed E-state index contributed by atoms with van der Waals surface area (Å²) in [5, 5.41) is 0. The van der Waals surface area contributed by atoms with Crippen LogP contribution in [0.15, 0.2) is 30.9 Å². The molecule has 0 heterocycles. The van der Waals surface area contributed by atoms with Crippen LogP contribution in [-0.4, -0.2) is 0 Å². The molecule has 0 aliphatic rings. The van der Waals surface area contributed by atoms with Crippen LogP contribution in [0.3, 0.4) is 0 Å². The summed E-state index contributed by atoms with van der Waals surface area (Å²) in [5.41, 5.74) is 4.52. The van der Waals surface area contributed by atoms with E-state index in [0.717, 1.165) is 6.42 Å². The molecule has 0 radical (unpaired) electrons. The second kappa shape index (κ2) is 5.53. The SMILES string of the molecule is C=CCc1cc(C(C)CC)cc(C(C)(C)C)c1. The lowest BCUT2D eigenvalue weighted by Crippen LogP contribution is -2.12. The van der Waals surface area contributed by atoms with Gasteiger partial charge in [0.2, 0.25) is 0 Å². The number of hydrogen-bond acceptors (Lipinski definition) is 0. The Hall–Kier alpha value is -1.04.